The van der Waals surface area contributed by atoms with Crippen molar-refractivity contribution in [2.24, 2.45) is 4.99 Å². The highest BCUT2D eigenvalue weighted by Crippen LogP contribution is 2.36. The van der Waals surface area contributed by atoms with Crippen molar-refractivity contribution in [2.75, 3.05) is 19.7 Å². The van der Waals surface area contributed by atoms with Gasteiger partial charge < -0.3 is 9.53 Å². The molecule has 1 unspecified atom stereocenters. The smallest absolute Gasteiger partial charge is 0.207 e. The largest absolute Gasteiger partial charge is 0.411 e. The lowest BCUT2D eigenvalue weighted by molar-refractivity contribution is -0.479. The monoisotopic (exact) mass is 314 g/mol. The second-order valence-corrected chi connectivity index (χ2v) is 11.7. The number of hydrogen-bond donors (Lipinski definition) is 1. The van der Waals surface area contributed by atoms with Crippen molar-refractivity contribution in [3.05, 3.63) is 21.8 Å². The van der Waals surface area contributed by atoms with Gasteiger partial charge in [-0.3, -0.25) is 15.1 Å². The molecule has 21 heavy (non-hydrogen) atoms. The van der Waals surface area contributed by atoms with E-state index in [4.69, 9.17) is 4.43 Å². The first kappa shape index (κ1) is 18.0. The maximum absolute atomic E-state index is 10.4. The van der Waals surface area contributed by atoms with Gasteiger partial charge in [-0.1, -0.05) is 20.8 Å². The highest BCUT2D eigenvalue weighted by atomic mass is 28.4. The second kappa shape index (κ2) is 6.80. The molecule has 6 nitrogen and oxygen atoms in total. The van der Waals surface area contributed by atoms with Crippen molar-refractivity contribution in [3.8, 4) is 0 Å². The fourth-order valence-corrected chi connectivity index (χ4v) is 2.64. The summed E-state index contributed by atoms with van der Waals surface area (Å²) in [5.74, 6) is 0. The van der Waals surface area contributed by atoms with E-state index in [1.54, 1.807) is 6.08 Å². The van der Waals surface area contributed by atoms with E-state index < -0.39 is 14.4 Å². The van der Waals surface area contributed by atoms with Crippen LogP contribution in [-0.4, -0.2) is 49.9 Å². The van der Waals surface area contributed by atoms with Crippen LogP contribution in [0.4, 0.5) is 0 Å². The second-order valence-electron chi connectivity index (χ2n) is 6.92. The summed E-state index contributed by atoms with van der Waals surface area (Å²) >= 11 is 0. The molecule has 1 N–H and O–H groups in total. The van der Waals surface area contributed by atoms with Gasteiger partial charge in [0.15, 0.2) is 8.32 Å². The van der Waals surface area contributed by atoms with E-state index in [2.05, 4.69) is 38.9 Å². The molecule has 0 radical (unpaired) electrons. The fraction of sp³-hybridized carbons (Fsp3) is 0.786. The summed E-state index contributed by atoms with van der Waals surface area (Å²) in [6.07, 6.45) is 1.31. The van der Waals surface area contributed by atoms with E-state index in [-0.39, 0.29) is 29.5 Å². The van der Waals surface area contributed by atoms with Crippen LogP contribution in [-0.2, 0) is 4.43 Å². The van der Waals surface area contributed by atoms with Gasteiger partial charge in [-0.2, -0.15) is 0 Å². The van der Waals surface area contributed by atoms with E-state index in [0.717, 1.165) is 5.71 Å². The van der Waals surface area contributed by atoms with Crippen LogP contribution in [0.1, 0.15) is 27.2 Å². The predicted octanol–water partition coefficient (Wildman–Crippen LogP) is 2.42. The van der Waals surface area contributed by atoms with Gasteiger partial charge in [-0.25, -0.2) is 0 Å². The molecule has 1 aliphatic heterocycles. The Balaban J connectivity index is 2.66. The quantitative estimate of drug-likeness (QED) is 0.463. The van der Waals surface area contributed by atoms with Crippen LogP contribution in [0, 0.1) is 10.1 Å². The molecule has 1 aliphatic rings. The summed E-state index contributed by atoms with van der Waals surface area (Å²) < 4.78 is 6.09. The van der Waals surface area contributed by atoms with Gasteiger partial charge in [0.05, 0.1) is 25.0 Å². The van der Waals surface area contributed by atoms with Crippen LogP contribution in [0.2, 0.25) is 18.1 Å². The number of nitro groups is 1. The normalized spacial score (nSPS) is 20.0. The minimum atomic E-state index is -1.85. The Morgan fingerprint density at radius 1 is 1.52 bits per heavy atom. The Morgan fingerprint density at radius 2 is 2.14 bits per heavy atom. The van der Waals surface area contributed by atoms with Gasteiger partial charge in [0.2, 0.25) is 6.54 Å². The van der Waals surface area contributed by atoms with Crippen LogP contribution in [0.25, 0.3) is 0 Å². The SMILES string of the molecule is CC(C)(C)[Si](C)(C)OCC1=NCC(O)C(CC[N+](=O)[O-])=C1. The van der Waals surface area contributed by atoms with Gasteiger partial charge in [0, 0.05) is 11.3 Å². The number of dihydropyridines is 1. The van der Waals surface area contributed by atoms with Gasteiger partial charge in [0.1, 0.15) is 0 Å². The molecule has 0 aromatic rings. The van der Waals surface area contributed by atoms with Crippen molar-refractivity contribution >= 4 is 14.0 Å². The molecule has 0 aliphatic carbocycles. The molecule has 0 bridgehead atoms. The first-order chi connectivity index (χ1) is 9.53. The fourth-order valence-electron chi connectivity index (χ4n) is 1.69. The molecule has 1 rings (SSSR count). The van der Waals surface area contributed by atoms with E-state index in [9.17, 15) is 15.2 Å². The topological polar surface area (TPSA) is 85.0 Å². The zero-order valence-electron chi connectivity index (χ0n) is 13.5. The molecule has 0 saturated heterocycles. The number of rotatable bonds is 6. The van der Waals surface area contributed by atoms with Crippen LogP contribution >= 0.6 is 0 Å². The number of aliphatic imine (C=N–C) groups is 1. The van der Waals surface area contributed by atoms with Crippen molar-refractivity contribution < 1.29 is 14.5 Å². The molecule has 7 heteroatoms. The van der Waals surface area contributed by atoms with Crippen LogP contribution < -0.4 is 0 Å². The summed E-state index contributed by atoms with van der Waals surface area (Å²) in [4.78, 5) is 14.4. The van der Waals surface area contributed by atoms with Crippen molar-refractivity contribution in [1.82, 2.24) is 0 Å². The van der Waals surface area contributed by atoms with E-state index in [0.29, 0.717) is 12.2 Å². The van der Waals surface area contributed by atoms with Crippen LogP contribution in [0.5, 0.6) is 0 Å². The van der Waals surface area contributed by atoms with E-state index in [1.165, 1.54) is 0 Å². The third-order valence-corrected chi connectivity index (χ3v) is 8.70. The summed E-state index contributed by atoms with van der Waals surface area (Å²) in [5.41, 5.74) is 1.44. The molecule has 0 aromatic heterocycles. The maximum atomic E-state index is 10.4. The van der Waals surface area contributed by atoms with Crippen LogP contribution in [0.15, 0.2) is 16.6 Å². The molecular weight excluding hydrogens is 288 g/mol. The highest BCUT2D eigenvalue weighted by molar-refractivity contribution is 6.74. The lowest BCUT2D eigenvalue weighted by Crippen LogP contribution is -2.42. The van der Waals surface area contributed by atoms with E-state index in [1.807, 2.05) is 0 Å². The standard InChI is InChI=1S/C14H26N2O4Si/c1-14(2,3)21(4,5)20-10-12-8-11(6-7-16(18)19)13(17)9-15-12/h8,13,17H,6-7,9-10H2,1-5H3. The number of aliphatic hydroxyl groups excluding tert-OH is 1. The van der Waals surface area contributed by atoms with Crippen molar-refractivity contribution in [3.63, 3.8) is 0 Å². The molecule has 1 atom stereocenters. The Labute approximate surface area is 127 Å². The minimum absolute atomic E-state index is 0.125. The summed E-state index contributed by atoms with van der Waals surface area (Å²) in [7, 11) is -1.85. The molecular formula is C14H26N2O4Si. The lowest BCUT2D eigenvalue weighted by Gasteiger charge is -2.36. The Kier molecular flexibility index (Phi) is 5.83. The number of aliphatic hydroxyl groups is 1. The molecule has 0 saturated carbocycles. The average Bonchev–Trinajstić information content (AvgIpc) is 2.34. The number of hydrogen-bond acceptors (Lipinski definition) is 5. The van der Waals surface area contributed by atoms with Crippen molar-refractivity contribution in [2.45, 2.75) is 51.4 Å². The maximum Gasteiger partial charge on any atom is 0.207 e. The highest BCUT2D eigenvalue weighted by Gasteiger charge is 2.37. The summed E-state index contributed by atoms with van der Waals surface area (Å²) in [6.45, 7) is 11.4. The Morgan fingerprint density at radius 3 is 2.67 bits per heavy atom. The molecule has 120 valence electrons. The third kappa shape index (κ3) is 5.33. The predicted molar refractivity (Wildman–Crippen MR) is 86.0 cm³/mol. The average molecular weight is 314 g/mol. The molecule has 1 heterocycles. The van der Waals surface area contributed by atoms with Crippen LogP contribution in [0.3, 0.4) is 0 Å². The molecule has 0 spiro atoms. The Bertz CT molecular complexity index is 452. The first-order valence-corrected chi connectivity index (χ1v) is 10.1. The van der Waals surface area contributed by atoms with E-state index >= 15 is 0 Å². The Hall–Kier alpha value is -1.05. The van der Waals surface area contributed by atoms with Gasteiger partial charge in [-0.15, -0.1) is 0 Å². The lowest BCUT2D eigenvalue weighted by atomic mass is 10.0. The molecule has 0 amide bonds. The zero-order valence-corrected chi connectivity index (χ0v) is 14.5. The summed E-state index contributed by atoms with van der Waals surface area (Å²) in [5, 5.41) is 20.4. The van der Waals surface area contributed by atoms with Gasteiger partial charge in [0.25, 0.3) is 0 Å². The molecule has 0 fully saturated rings. The summed E-state index contributed by atoms with van der Waals surface area (Å²) in [6, 6.07) is 0. The van der Waals surface area contributed by atoms with Gasteiger partial charge in [-0.05, 0) is 29.8 Å². The molecule has 0 aromatic carbocycles. The first-order valence-electron chi connectivity index (χ1n) is 7.20. The van der Waals surface area contributed by atoms with Crippen molar-refractivity contribution in [1.29, 1.82) is 0 Å². The minimum Gasteiger partial charge on any atom is -0.411 e. The third-order valence-electron chi connectivity index (χ3n) is 4.22. The number of nitrogens with zero attached hydrogens (tertiary/aromatic N) is 2. The van der Waals surface area contributed by atoms with Gasteiger partial charge >= 0.3 is 0 Å². The zero-order chi connectivity index (χ0) is 16.3.